The smallest absolute Gasteiger partial charge is 0.290 e. The minimum atomic E-state index is -0.823. The predicted octanol–water partition coefficient (Wildman–Crippen LogP) is 0.972. The van der Waals surface area contributed by atoms with E-state index in [-0.39, 0.29) is 17.6 Å². The molecule has 2 heterocycles. The zero-order valence-electron chi connectivity index (χ0n) is 10.3. The monoisotopic (exact) mass is 236 g/mol. The molecule has 1 aromatic rings. The molecule has 17 heavy (non-hydrogen) atoms. The van der Waals surface area contributed by atoms with Crippen LogP contribution in [0.4, 0.5) is 0 Å². The third kappa shape index (κ3) is 1.81. The highest BCUT2D eigenvalue weighted by atomic mass is 16.3. The van der Waals surface area contributed by atoms with E-state index < -0.39 is 5.54 Å². The van der Waals surface area contributed by atoms with Crippen LogP contribution in [-0.4, -0.2) is 47.3 Å². The van der Waals surface area contributed by atoms with Crippen LogP contribution in [0.15, 0.2) is 22.8 Å². The van der Waals surface area contributed by atoms with Crippen molar-refractivity contribution in [2.45, 2.75) is 19.4 Å². The molecule has 5 heteroatoms. The first-order valence-electron chi connectivity index (χ1n) is 5.55. The molecule has 1 aromatic heterocycles. The summed E-state index contributed by atoms with van der Waals surface area (Å²) in [7, 11) is 1.75. The van der Waals surface area contributed by atoms with Crippen molar-refractivity contribution in [3.8, 4) is 0 Å². The first kappa shape index (κ1) is 11.7. The third-order valence-corrected chi connectivity index (χ3v) is 3.18. The summed E-state index contributed by atoms with van der Waals surface area (Å²) in [5.74, 6) is -0.0134. The normalized spacial score (nSPS) is 19.6. The highest BCUT2D eigenvalue weighted by Gasteiger charge is 2.43. The molecule has 0 bridgehead atoms. The van der Waals surface area contributed by atoms with E-state index in [0.717, 1.165) is 0 Å². The summed E-state index contributed by atoms with van der Waals surface area (Å²) in [5, 5.41) is 0. The molecule has 0 N–H and O–H groups in total. The molecule has 1 fully saturated rings. The van der Waals surface area contributed by atoms with Crippen molar-refractivity contribution in [2.75, 3.05) is 20.1 Å². The van der Waals surface area contributed by atoms with Gasteiger partial charge in [-0.25, -0.2) is 0 Å². The van der Waals surface area contributed by atoms with Crippen molar-refractivity contribution in [1.82, 2.24) is 9.80 Å². The van der Waals surface area contributed by atoms with Crippen molar-refractivity contribution < 1.29 is 14.0 Å². The molecular weight excluding hydrogens is 220 g/mol. The van der Waals surface area contributed by atoms with E-state index in [1.54, 1.807) is 42.8 Å². The maximum absolute atomic E-state index is 12.2. The van der Waals surface area contributed by atoms with Crippen LogP contribution in [0.1, 0.15) is 24.4 Å². The van der Waals surface area contributed by atoms with Crippen LogP contribution in [0.5, 0.6) is 0 Å². The van der Waals surface area contributed by atoms with Gasteiger partial charge in [0.2, 0.25) is 5.91 Å². The number of carbonyl (C=O) groups is 2. The van der Waals surface area contributed by atoms with Crippen LogP contribution in [-0.2, 0) is 4.79 Å². The highest BCUT2D eigenvalue weighted by Crippen LogP contribution is 2.23. The number of piperazine rings is 1. The standard InChI is InChI=1S/C12H16N2O3/c1-12(2)11(16)13(3)6-7-14(12)10(15)9-5-4-8-17-9/h4-5,8H,6-7H2,1-3H3. The maximum Gasteiger partial charge on any atom is 0.290 e. The molecule has 1 saturated heterocycles. The lowest BCUT2D eigenvalue weighted by Crippen LogP contribution is -2.63. The molecule has 1 aliphatic rings. The zero-order valence-corrected chi connectivity index (χ0v) is 10.3. The van der Waals surface area contributed by atoms with Gasteiger partial charge in [0.05, 0.1) is 6.26 Å². The molecule has 92 valence electrons. The molecule has 0 unspecified atom stereocenters. The quantitative estimate of drug-likeness (QED) is 0.730. The van der Waals surface area contributed by atoms with E-state index in [1.165, 1.54) is 6.26 Å². The van der Waals surface area contributed by atoms with Crippen molar-refractivity contribution >= 4 is 11.8 Å². The molecule has 0 atom stereocenters. The van der Waals surface area contributed by atoms with E-state index in [0.29, 0.717) is 13.1 Å². The van der Waals surface area contributed by atoms with Crippen LogP contribution in [0.3, 0.4) is 0 Å². The van der Waals surface area contributed by atoms with Crippen LogP contribution < -0.4 is 0 Å². The molecule has 0 saturated carbocycles. The molecular formula is C12H16N2O3. The summed E-state index contributed by atoms with van der Waals surface area (Å²) in [6.07, 6.45) is 1.46. The molecule has 2 rings (SSSR count). The van der Waals surface area contributed by atoms with Gasteiger partial charge < -0.3 is 14.2 Å². The Morgan fingerprint density at radius 2 is 2.12 bits per heavy atom. The number of nitrogens with zero attached hydrogens (tertiary/aromatic N) is 2. The lowest BCUT2D eigenvalue weighted by molar-refractivity contribution is -0.144. The third-order valence-electron chi connectivity index (χ3n) is 3.18. The Morgan fingerprint density at radius 3 is 2.71 bits per heavy atom. The lowest BCUT2D eigenvalue weighted by Gasteiger charge is -2.44. The summed E-state index contributed by atoms with van der Waals surface area (Å²) in [6.45, 7) is 4.58. The Hall–Kier alpha value is -1.78. The number of carbonyl (C=O) groups excluding carboxylic acids is 2. The summed E-state index contributed by atoms with van der Waals surface area (Å²) >= 11 is 0. The summed E-state index contributed by atoms with van der Waals surface area (Å²) in [4.78, 5) is 27.4. The zero-order chi connectivity index (χ0) is 12.6. The predicted molar refractivity (Wildman–Crippen MR) is 61.5 cm³/mol. The fourth-order valence-electron chi connectivity index (χ4n) is 2.10. The topological polar surface area (TPSA) is 53.8 Å². The highest BCUT2D eigenvalue weighted by molar-refractivity contribution is 5.97. The van der Waals surface area contributed by atoms with Crippen molar-refractivity contribution in [3.63, 3.8) is 0 Å². The molecule has 0 spiro atoms. The van der Waals surface area contributed by atoms with Crippen LogP contribution in [0.25, 0.3) is 0 Å². The van der Waals surface area contributed by atoms with E-state index in [1.807, 2.05) is 0 Å². The Bertz CT molecular complexity index is 437. The van der Waals surface area contributed by atoms with Crippen molar-refractivity contribution in [2.24, 2.45) is 0 Å². The number of amides is 2. The van der Waals surface area contributed by atoms with E-state index in [2.05, 4.69) is 0 Å². The largest absolute Gasteiger partial charge is 0.459 e. The van der Waals surface area contributed by atoms with Gasteiger partial charge >= 0.3 is 0 Å². The first-order valence-corrected chi connectivity index (χ1v) is 5.55. The molecule has 2 amide bonds. The number of hydrogen-bond acceptors (Lipinski definition) is 3. The second kappa shape index (κ2) is 3.91. The van der Waals surface area contributed by atoms with E-state index in [9.17, 15) is 9.59 Å². The maximum atomic E-state index is 12.2. The number of likely N-dealkylation sites (N-methyl/N-ethyl adjacent to an activating group) is 1. The molecule has 0 radical (unpaired) electrons. The number of furan rings is 1. The van der Waals surface area contributed by atoms with E-state index >= 15 is 0 Å². The lowest BCUT2D eigenvalue weighted by atomic mass is 9.97. The van der Waals surface area contributed by atoms with Crippen molar-refractivity contribution in [3.05, 3.63) is 24.2 Å². The second-order valence-corrected chi connectivity index (χ2v) is 4.72. The fraction of sp³-hybridized carbons (Fsp3) is 0.500. The number of hydrogen-bond donors (Lipinski definition) is 0. The SMILES string of the molecule is CN1CCN(C(=O)c2ccco2)C(C)(C)C1=O. The van der Waals surface area contributed by atoms with Gasteiger partial charge in [0.15, 0.2) is 5.76 Å². The summed E-state index contributed by atoms with van der Waals surface area (Å²) < 4.78 is 5.09. The second-order valence-electron chi connectivity index (χ2n) is 4.72. The van der Waals surface area contributed by atoms with Gasteiger partial charge in [0, 0.05) is 20.1 Å². The summed E-state index contributed by atoms with van der Waals surface area (Å²) in [6, 6.07) is 3.28. The minimum Gasteiger partial charge on any atom is -0.459 e. The van der Waals surface area contributed by atoms with Crippen LogP contribution in [0.2, 0.25) is 0 Å². The average molecular weight is 236 g/mol. The Balaban J connectivity index is 2.27. The number of rotatable bonds is 1. The van der Waals surface area contributed by atoms with Gasteiger partial charge in [-0.2, -0.15) is 0 Å². The average Bonchev–Trinajstić information content (AvgIpc) is 2.79. The Labute approximate surface area is 100.0 Å². The molecule has 5 nitrogen and oxygen atoms in total. The van der Waals surface area contributed by atoms with Gasteiger partial charge in [0.1, 0.15) is 5.54 Å². The van der Waals surface area contributed by atoms with Gasteiger partial charge in [-0.1, -0.05) is 0 Å². The molecule has 0 aromatic carbocycles. The molecule has 1 aliphatic heterocycles. The fourth-order valence-corrected chi connectivity index (χ4v) is 2.10. The van der Waals surface area contributed by atoms with E-state index in [4.69, 9.17) is 4.42 Å². The molecule has 0 aliphatic carbocycles. The summed E-state index contributed by atoms with van der Waals surface area (Å²) in [5.41, 5.74) is -0.823. The Kier molecular flexibility index (Phi) is 2.69. The van der Waals surface area contributed by atoms with Crippen LogP contribution in [0, 0.1) is 0 Å². The Morgan fingerprint density at radius 1 is 1.41 bits per heavy atom. The first-order chi connectivity index (χ1) is 7.94. The minimum absolute atomic E-state index is 0.0522. The van der Waals surface area contributed by atoms with Gasteiger partial charge in [-0.3, -0.25) is 9.59 Å². The van der Waals surface area contributed by atoms with Gasteiger partial charge in [0.25, 0.3) is 5.91 Å². The van der Waals surface area contributed by atoms with Crippen LogP contribution >= 0.6 is 0 Å². The van der Waals surface area contributed by atoms with Gasteiger partial charge in [-0.05, 0) is 26.0 Å². The van der Waals surface area contributed by atoms with Gasteiger partial charge in [-0.15, -0.1) is 0 Å². The van der Waals surface area contributed by atoms with Crippen molar-refractivity contribution in [1.29, 1.82) is 0 Å².